The van der Waals surface area contributed by atoms with Crippen molar-refractivity contribution in [2.45, 2.75) is 39.3 Å². The van der Waals surface area contributed by atoms with E-state index in [2.05, 4.69) is 32.0 Å². The van der Waals surface area contributed by atoms with Crippen LogP contribution in [-0.4, -0.2) is 46.1 Å². The number of hydrogen-bond donors (Lipinski definition) is 2. The maximum atomic E-state index is 11.0. The van der Waals surface area contributed by atoms with Gasteiger partial charge in [-0.3, -0.25) is 9.69 Å². The molecule has 0 atom stereocenters. The van der Waals surface area contributed by atoms with Crippen LogP contribution in [0, 0.1) is 0 Å². The zero-order chi connectivity index (χ0) is 13.7. The maximum Gasteiger partial charge on any atom is 0.217 e. The number of carbonyl (C=O) groups is 1. The van der Waals surface area contributed by atoms with Crippen LogP contribution in [0.15, 0.2) is 0 Å². The van der Waals surface area contributed by atoms with E-state index in [4.69, 9.17) is 0 Å². The Labute approximate surface area is 117 Å². The molecule has 0 aliphatic carbocycles. The molecule has 1 amide bonds. The fourth-order valence-electron chi connectivity index (χ4n) is 2.34. The van der Waals surface area contributed by atoms with Gasteiger partial charge >= 0.3 is 0 Å². The van der Waals surface area contributed by atoms with Gasteiger partial charge in [-0.25, -0.2) is 0 Å². The summed E-state index contributed by atoms with van der Waals surface area (Å²) in [6.45, 7) is 7.37. The van der Waals surface area contributed by atoms with Gasteiger partial charge in [0.1, 0.15) is 10.7 Å². The average molecular weight is 283 g/mol. The van der Waals surface area contributed by atoms with Crippen molar-refractivity contribution in [2.24, 2.45) is 0 Å². The summed E-state index contributed by atoms with van der Waals surface area (Å²) < 4.78 is 4.01. The highest BCUT2D eigenvalue weighted by atomic mass is 32.1. The van der Waals surface area contributed by atoms with Crippen LogP contribution >= 0.6 is 11.5 Å². The van der Waals surface area contributed by atoms with Gasteiger partial charge < -0.3 is 10.6 Å². The normalized spacial score (nSPS) is 17.4. The second kappa shape index (κ2) is 6.81. The van der Waals surface area contributed by atoms with Gasteiger partial charge in [-0.2, -0.15) is 0 Å². The largest absolute Gasteiger partial charge is 0.374 e. The minimum Gasteiger partial charge on any atom is -0.374 e. The van der Waals surface area contributed by atoms with Crippen molar-refractivity contribution in [1.29, 1.82) is 0 Å². The first-order valence-electron chi connectivity index (χ1n) is 6.73. The van der Waals surface area contributed by atoms with Crippen LogP contribution in [0.1, 0.15) is 32.4 Å². The molecule has 7 heteroatoms. The van der Waals surface area contributed by atoms with Gasteiger partial charge in [-0.05, 0) is 19.8 Å². The molecule has 1 saturated heterocycles. The standard InChI is InChI=1S/C12H21N5OS/c1-3-13-12-11(15-16-19-12)8-17-6-4-10(5-7-17)14-9(2)18/h10,13H,3-8H2,1-2H3,(H,14,18). The molecular weight excluding hydrogens is 262 g/mol. The molecule has 2 heterocycles. The number of nitrogens with zero attached hydrogens (tertiary/aromatic N) is 3. The Hall–Kier alpha value is -1.21. The van der Waals surface area contributed by atoms with Crippen LogP contribution in [-0.2, 0) is 11.3 Å². The summed E-state index contributed by atoms with van der Waals surface area (Å²) in [4.78, 5) is 13.4. The molecule has 1 aromatic heterocycles. The van der Waals surface area contributed by atoms with Crippen LogP contribution in [0.5, 0.6) is 0 Å². The molecule has 1 aromatic rings. The Morgan fingerprint density at radius 2 is 2.21 bits per heavy atom. The summed E-state index contributed by atoms with van der Waals surface area (Å²) in [5, 5.41) is 11.5. The molecule has 19 heavy (non-hydrogen) atoms. The summed E-state index contributed by atoms with van der Waals surface area (Å²) in [7, 11) is 0. The number of hydrogen-bond acceptors (Lipinski definition) is 6. The summed E-state index contributed by atoms with van der Waals surface area (Å²) in [5.74, 6) is 0.0663. The van der Waals surface area contributed by atoms with Crippen LogP contribution in [0.3, 0.4) is 0 Å². The third-order valence-electron chi connectivity index (χ3n) is 3.26. The van der Waals surface area contributed by atoms with Crippen molar-refractivity contribution in [3.05, 3.63) is 5.69 Å². The van der Waals surface area contributed by atoms with Gasteiger partial charge in [-0.1, -0.05) is 4.49 Å². The minimum atomic E-state index is 0.0663. The maximum absolute atomic E-state index is 11.0. The van der Waals surface area contributed by atoms with Crippen molar-refractivity contribution in [3.8, 4) is 0 Å². The van der Waals surface area contributed by atoms with Crippen LogP contribution in [0.4, 0.5) is 5.00 Å². The van der Waals surface area contributed by atoms with E-state index in [0.29, 0.717) is 6.04 Å². The van der Waals surface area contributed by atoms with Gasteiger partial charge in [-0.15, -0.1) is 5.10 Å². The number of anilines is 1. The van der Waals surface area contributed by atoms with Crippen molar-refractivity contribution in [3.63, 3.8) is 0 Å². The topological polar surface area (TPSA) is 70.2 Å². The highest BCUT2D eigenvalue weighted by molar-refractivity contribution is 7.10. The van der Waals surface area contributed by atoms with Gasteiger partial charge in [0, 0.05) is 50.7 Å². The van der Waals surface area contributed by atoms with Crippen molar-refractivity contribution in [2.75, 3.05) is 25.0 Å². The SMILES string of the molecule is CCNc1snnc1CN1CCC(NC(C)=O)CC1. The second-order valence-corrected chi connectivity index (χ2v) is 5.58. The summed E-state index contributed by atoms with van der Waals surface area (Å²) >= 11 is 1.42. The number of rotatable bonds is 5. The Morgan fingerprint density at radius 1 is 1.47 bits per heavy atom. The van der Waals surface area contributed by atoms with E-state index in [1.807, 2.05) is 0 Å². The molecule has 0 radical (unpaired) electrons. The molecule has 0 bridgehead atoms. The smallest absolute Gasteiger partial charge is 0.217 e. The van der Waals surface area contributed by atoms with Gasteiger partial charge in [0.05, 0.1) is 0 Å². The summed E-state index contributed by atoms with van der Waals surface area (Å²) in [6.07, 6.45) is 2.02. The molecule has 2 rings (SSSR count). The highest BCUT2D eigenvalue weighted by Gasteiger charge is 2.21. The Kier molecular flexibility index (Phi) is 5.09. The minimum absolute atomic E-state index is 0.0663. The molecular formula is C12H21N5OS. The molecule has 2 N–H and O–H groups in total. The van der Waals surface area contributed by atoms with E-state index < -0.39 is 0 Å². The summed E-state index contributed by atoms with van der Waals surface area (Å²) in [5.41, 5.74) is 1.03. The lowest BCUT2D eigenvalue weighted by atomic mass is 10.0. The lowest BCUT2D eigenvalue weighted by Gasteiger charge is -2.31. The zero-order valence-electron chi connectivity index (χ0n) is 11.5. The highest BCUT2D eigenvalue weighted by Crippen LogP contribution is 2.21. The number of carbonyl (C=O) groups excluding carboxylic acids is 1. The lowest BCUT2D eigenvalue weighted by Crippen LogP contribution is -2.43. The third kappa shape index (κ3) is 4.14. The lowest BCUT2D eigenvalue weighted by molar-refractivity contribution is -0.119. The van der Waals surface area contributed by atoms with Gasteiger partial charge in [0.2, 0.25) is 5.91 Å². The van der Waals surface area contributed by atoms with Gasteiger partial charge in [0.15, 0.2) is 0 Å². The molecule has 0 saturated carbocycles. The first-order valence-corrected chi connectivity index (χ1v) is 7.51. The Morgan fingerprint density at radius 3 is 2.84 bits per heavy atom. The first kappa shape index (κ1) is 14.2. The molecule has 0 spiro atoms. The first-order chi connectivity index (χ1) is 9.19. The predicted octanol–water partition coefficient (Wildman–Crippen LogP) is 1.07. The Balaban J connectivity index is 1.82. The van der Waals surface area contributed by atoms with E-state index in [1.54, 1.807) is 6.92 Å². The van der Waals surface area contributed by atoms with E-state index >= 15 is 0 Å². The fraction of sp³-hybridized carbons (Fsp3) is 0.750. The number of likely N-dealkylation sites (tertiary alicyclic amines) is 1. The second-order valence-electron chi connectivity index (χ2n) is 4.83. The monoisotopic (exact) mass is 283 g/mol. The molecule has 1 fully saturated rings. The van der Waals surface area contributed by atoms with Crippen LogP contribution < -0.4 is 10.6 Å². The summed E-state index contributed by atoms with van der Waals surface area (Å²) in [6, 6.07) is 0.329. The van der Waals surface area contributed by atoms with E-state index in [0.717, 1.165) is 49.7 Å². The zero-order valence-corrected chi connectivity index (χ0v) is 12.3. The molecule has 1 aliphatic rings. The molecule has 0 unspecified atom stereocenters. The van der Waals surface area contributed by atoms with Crippen molar-refractivity contribution >= 4 is 22.4 Å². The molecule has 6 nitrogen and oxygen atoms in total. The van der Waals surface area contributed by atoms with E-state index in [1.165, 1.54) is 11.5 Å². The number of aromatic nitrogens is 2. The van der Waals surface area contributed by atoms with E-state index in [-0.39, 0.29) is 5.91 Å². The van der Waals surface area contributed by atoms with Crippen molar-refractivity contribution in [1.82, 2.24) is 19.8 Å². The number of amides is 1. The van der Waals surface area contributed by atoms with Crippen LogP contribution in [0.2, 0.25) is 0 Å². The average Bonchev–Trinajstić information content (AvgIpc) is 2.79. The fourth-order valence-corrected chi connectivity index (χ4v) is 2.98. The molecule has 1 aliphatic heterocycles. The number of piperidine rings is 1. The number of nitrogens with one attached hydrogen (secondary N) is 2. The van der Waals surface area contributed by atoms with E-state index in [9.17, 15) is 4.79 Å². The molecule has 106 valence electrons. The van der Waals surface area contributed by atoms with Gasteiger partial charge in [0.25, 0.3) is 0 Å². The van der Waals surface area contributed by atoms with Crippen LogP contribution in [0.25, 0.3) is 0 Å². The quantitative estimate of drug-likeness (QED) is 0.846. The van der Waals surface area contributed by atoms with Crippen molar-refractivity contribution < 1.29 is 4.79 Å². The molecule has 0 aromatic carbocycles. The predicted molar refractivity (Wildman–Crippen MR) is 76.2 cm³/mol. The third-order valence-corrected chi connectivity index (χ3v) is 3.99. The Bertz CT molecular complexity index is 414.